The third-order valence-corrected chi connectivity index (χ3v) is 5.23. The lowest BCUT2D eigenvalue weighted by atomic mass is 10.2. The zero-order valence-corrected chi connectivity index (χ0v) is 16.7. The molecule has 0 unspecified atom stereocenters. The van der Waals surface area contributed by atoms with Crippen LogP contribution in [0, 0.1) is 6.92 Å². The Morgan fingerprint density at radius 1 is 0.929 bits per heavy atom. The minimum Gasteiger partial charge on any atom is -0.493 e. The maximum absolute atomic E-state index is 12.1. The SMILES string of the molecule is COc1ccccc1OCCNC(=O)NCCNS(=O)(=O)c1ccc(C)cc1. The number of urea groups is 1. The van der Waals surface area contributed by atoms with Crippen LogP contribution in [0.15, 0.2) is 53.4 Å². The van der Waals surface area contributed by atoms with Crippen molar-refractivity contribution in [3.05, 3.63) is 54.1 Å². The number of sulfonamides is 1. The normalized spacial score (nSPS) is 10.9. The van der Waals surface area contributed by atoms with E-state index in [4.69, 9.17) is 9.47 Å². The van der Waals surface area contributed by atoms with E-state index in [1.165, 1.54) is 0 Å². The Morgan fingerprint density at radius 2 is 1.57 bits per heavy atom. The second-order valence-electron chi connectivity index (χ2n) is 5.89. The van der Waals surface area contributed by atoms with Crippen molar-refractivity contribution >= 4 is 16.1 Å². The van der Waals surface area contributed by atoms with Gasteiger partial charge in [0.2, 0.25) is 10.0 Å². The van der Waals surface area contributed by atoms with Gasteiger partial charge >= 0.3 is 6.03 Å². The van der Waals surface area contributed by atoms with Crippen molar-refractivity contribution in [3.8, 4) is 11.5 Å². The molecule has 2 rings (SSSR count). The highest BCUT2D eigenvalue weighted by molar-refractivity contribution is 7.89. The van der Waals surface area contributed by atoms with E-state index >= 15 is 0 Å². The van der Waals surface area contributed by atoms with Crippen LogP contribution in [0.4, 0.5) is 4.79 Å². The minimum absolute atomic E-state index is 0.0847. The number of para-hydroxylation sites is 2. The van der Waals surface area contributed by atoms with Crippen LogP contribution in [-0.4, -0.2) is 47.8 Å². The quantitative estimate of drug-likeness (QED) is 0.520. The zero-order chi connectivity index (χ0) is 20.4. The Labute approximate surface area is 165 Å². The predicted molar refractivity (Wildman–Crippen MR) is 106 cm³/mol. The van der Waals surface area contributed by atoms with E-state index in [1.807, 2.05) is 19.1 Å². The number of amides is 2. The largest absolute Gasteiger partial charge is 0.493 e. The molecule has 0 aliphatic carbocycles. The van der Waals surface area contributed by atoms with Crippen molar-refractivity contribution in [1.82, 2.24) is 15.4 Å². The summed E-state index contributed by atoms with van der Waals surface area (Å²) < 4.78 is 37.4. The fraction of sp³-hybridized carbons (Fsp3) is 0.316. The van der Waals surface area contributed by atoms with Gasteiger partial charge in [0.05, 0.1) is 18.6 Å². The monoisotopic (exact) mass is 407 g/mol. The summed E-state index contributed by atoms with van der Waals surface area (Å²) in [6, 6.07) is 13.4. The number of nitrogens with one attached hydrogen (secondary N) is 3. The molecule has 0 bridgehead atoms. The molecule has 0 fully saturated rings. The highest BCUT2D eigenvalue weighted by atomic mass is 32.2. The first kappa shape index (κ1) is 21.5. The molecule has 2 amide bonds. The van der Waals surface area contributed by atoms with E-state index < -0.39 is 16.1 Å². The fourth-order valence-corrected chi connectivity index (χ4v) is 3.32. The van der Waals surface area contributed by atoms with Gasteiger partial charge in [0.25, 0.3) is 0 Å². The average molecular weight is 407 g/mol. The van der Waals surface area contributed by atoms with E-state index in [-0.39, 0.29) is 24.6 Å². The summed E-state index contributed by atoms with van der Waals surface area (Å²) in [7, 11) is -2.03. The standard InChI is InChI=1S/C19H25N3O5S/c1-15-7-9-16(10-8-15)28(24,25)22-12-11-20-19(23)21-13-14-27-18-6-4-3-5-17(18)26-2/h3-10,22H,11-14H2,1-2H3,(H2,20,21,23). The van der Waals surface area contributed by atoms with Crippen LogP contribution in [0.3, 0.4) is 0 Å². The Kier molecular flexibility index (Phi) is 8.09. The van der Waals surface area contributed by atoms with Crippen LogP contribution in [0.2, 0.25) is 0 Å². The highest BCUT2D eigenvalue weighted by Crippen LogP contribution is 2.25. The lowest BCUT2D eigenvalue weighted by molar-refractivity contribution is 0.235. The summed E-state index contributed by atoms with van der Waals surface area (Å²) in [5, 5.41) is 5.21. The Morgan fingerprint density at radius 3 is 2.25 bits per heavy atom. The number of hydrogen-bond acceptors (Lipinski definition) is 5. The smallest absolute Gasteiger partial charge is 0.314 e. The number of aryl methyl sites for hydroxylation is 1. The number of methoxy groups -OCH3 is 1. The van der Waals surface area contributed by atoms with E-state index in [0.717, 1.165) is 5.56 Å². The van der Waals surface area contributed by atoms with Crippen LogP contribution < -0.4 is 24.8 Å². The average Bonchev–Trinajstić information content (AvgIpc) is 2.69. The van der Waals surface area contributed by atoms with Gasteiger partial charge in [-0.3, -0.25) is 0 Å². The molecule has 8 nitrogen and oxygen atoms in total. The van der Waals surface area contributed by atoms with Crippen molar-refractivity contribution in [1.29, 1.82) is 0 Å². The summed E-state index contributed by atoms with van der Waals surface area (Å²) in [6.07, 6.45) is 0. The van der Waals surface area contributed by atoms with Crippen molar-refractivity contribution in [3.63, 3.8) is 0 Å². The molecular formula is C19H25N3O5S. The van der Waals surface area contributed by atoms with Crippen molar-refractivity contribution in [2.75, 3.05) is 33.4 Å². The van der Waals surface area contributed by atoms with Gasteiger partial charge in [0.1, 0.15) is 6.61 Å². The van der Waals surface area contributed by atoms with Crippen LogP contribution in [0.5, 0.6) is 11.5 Å². The van der Waals surface area contributed by atoms with Crippen LogP contribution in [0.25, 0.3) is 0 Å². The lowest BCUT2D eigenvalue weighted by Crippen LogP contribution is -2.41. The second-order valence-corrected chi connectivity index (χ2v) is 7.66. The lowest BCUT2D eigenvalue weighted by Gasteiger charge is -2.11. The molecule has 152 valence electrons. The van der Waals surface area contributed by atoms with Crippen LogP contribution in [0.1, 0.15) is 5.56 Å². The number of carbonyl (C=O) groups excluding carboxylic acids is 1. The predicted octanol–water partition coefficient (Wildman–Crippen LogP) is 1.66. The summed E-state index contributed by atoms with van der Waals surface area (Å²) in [6.45, 7) is 2.69. The first-order chi connectivity index (χ1) is 13.4. The van der Waals surface area contributed by atoms with Gasteiger partial charge in [-0.15, -0.1) is 0 Å². The molecule has 2 aromatic rings. The summed E-state index contributed by atoms with van der Waals surface area (Å²) in [5.74, 6) is 1.21. The molecule has 9 heteroatoms. The molecule has 0 aliphatic heterocycles. The van der Waals surface area contributed by atoms with E-state index in [9.17, 15) is 13.2 Å². The van der Waals surface area contributed by atoms with Crippen molar-refractivity contribution in [2.24, 2.45) is 0 Å². The molecule has 2 aromatic carbocycles. The maximum atomic E-state index is 12.1. The third kappa shape index (κ3) is 6.75. The Balaban J connectivity index is 1.63. The van der Waals surface area contributed by atoms with Crippen LogP contribution in [-0.2, 0) is 10.0 Å². The topological polar surface area (TPSA) is 106 Å². The number of ether oxygens (including phenoxy) is 2. The third-order valence-electron chi connectivity index (χ3n) is 3.75. The molecule has 0 heterocycles. The summed E-state index contributed by atoms with van der Waals surface area (Å²) >= 11 is 0. The molecule has 0 aromatic heterocycles. The van der Waals surface area contributed by atoms with E-state index in [2.05, 4.69) is 15.4 Å². The Hall–Kier alpha value is -2.78. The van der Waals surface area contributed by atoms with Gasteiger partial charge in [0.15, 0.2) is 11.5 Å². The van der Waals surface area contributed by atoms with Gasteiger partial charge in [-0.05, 0) is 31.2 Å². The Bertz CT molecular complexity index is 869. The van der Waals surface area contributed by atoms with Gasteiger partial charge in [-0.1, -0.05) is 29.8 Å². The summed E-state index contributed by atoms with van der Waals surface area (Å²) in [4.78, 5) is 11.9. The molecular weight excluding hydrogens is 382 g/mol. The number of carbonyl (C=O) groups is 1. The van der Waals surface area contributed by atoms with Crippen LogP contribution >= 0.6 is 0 Å². The molecule has 0 saturated carbocycles. The van der Waals surface area contributed by atoms with Gasteiger partial charge < -0.3 is 20.1 Å². The highest BCUT2D eigenvalue weighted by Gasteiger charge is 2.12. The van der Waals surface area contributed by atoms with Gasteiger partial charge in [0, 0.05) is 13.1 Å². The molecule has 0 aliphatic rings. The van der Waals surface area contributed by atoms with Crippen molar-refractivity contribution in [2.45, 2.75) is 11.8 Å². The van der Waals surface area contributed by atoms with Crippen molar-refractivity contribution < 1.29 is 22.7 Å². The molecule has 3 N–H and O–H groups in total. The number of rotatable bonds is 10. The van der Waals surface area contributed by atoms with Gasteiger partial charge in [-0.25, -0.2) is 17.9 Å². The summed E-state index contributed by atoms with van der Waals surface area (Å²) in [5.41, 5.74) is 0.979. The zero-order valence-electron chi connectivity index (χ0n) is 15.9. The first-order valence-electron chi connectivity index (χ1n) is 8.76. The van der Waals surface area contributed by atoms with Gasteiger partial charge in [-0.2, -0.15) is 0 Å². The molecule has 28 heavy (non-hydrogen) atoms. The fourth-order valence-electron chi connectivity index (χ4n) is 2.29. The molecule has 0 spiro atoms. The van der Waals surface area contributed by atoms with E-state index in [1.54, 1.807) is 43.5 Å². The van der Waals surface area contributed by atoms with E-state index in [0.29, 0.717) is 18.0 Å². The maximum Gasteiger partial charge on any atom is 0.314 e. The second kappa shape index (κ2) is 10.5. The molecule has 0 atom stereocenters. The molecule has 0 radical (unpaired) electrons. The number of hydrogen-bond donors (Lipinski definition) is 3. The minimum atomic E-state index is -3.59. The number of benzene rings is 2. The first-order valence-corrected chi connectivity index (χ1v) is 10.2. The molecule has 0 saturated heterocycles.